The molecule has 0 aliphatic carbocycles. The first-order valence-electron chi connectivity index (χ1n) is 7.61. The molecule has 2 aromatic rings. The molecule has 0 atom stereocenters. The number of hydrogen-bond acceptors (Lipinski definition) is 5. The Morgan fingerprint density at radius 2 is 1.77 bits per heavy atom. The quantitative estimate of drug-likeness (QED) is 0.573. The topological polar surface area (TPSA) is 89.0 Å². The van der Waals surface area contributed by atoms with Crippen LogP contribution in [0.1, 0.15) is 15.9 Å². The lowest BCUT2D eigenvalue weighted by Crippen LogP contribution is -2.34. The van der Waals surface area contributed by atoms with Crippen LogP contribution in [0.25, 0.3) is 0 Å². The molecule has 2 aromatic carbocycles. The van der Waals surface area contributed by atoms with E-state index in [1.54, 1.807) is 42.5 Å². The Balaban J connectivity index is 1.89. The lowest BCUT2D eigenvalue weighted by molar-refractivity contribution is -0.120. The zero-order valence-electron chi connectivity index (χ0n) is 14.3. The molecular formula is C18H18ClN3O4. The molecule has 26 heavy (non-hydrogen) atoms. The van der Waals surface area contributed by atoms with Crippen LogP contribution in [-0.2, 0) is 4.79 Å². The largest absolute Gasteiger partial charge is 0.497 e. The highest BCUT2D eigenvalue weighted by molar-refractivity contribution is 6.33. The minimum Gasteiger partial charge on any atom is -0.497 e. The SMILES string of the molecule is COc1cc(OC)cc(C(=O)NCC(=O)N/N=C/c2ccccc2Cl)c1. The van der Waals surface area contributed by atoms with Gasteiger partial charge < -0.3 is 14.8 Å². The molecule has 0 radical (unpaired) electrons. The zero-order valence-corrected chi connectivity index (χ0v) is 15.0. The van der Waals surface area contributed by atoms with Gasteiger partial charge in [-0.2, -0.15) is 5.10 Å². The van der Waals surface area contributed by atoms with Gasteiger partial charge in [-0.25, -0.2) is 5.43 Å². The van der Waals surface area contributed by atoms with E-state index in [1.165, 1.54) is 20.4 Å². The van der Waals surface area contributed by atoms with E-state index >= 15 is 0 Å². The Morgan fingerprint density at radius 3 is 2.38 bits per heavy atom. The van der Waals surface area contributed by atoms with Gasteiger partial charge in [-0.05, 0) is 18.2 Å². The first-order chi connectivity index (χ1) is 12.5. The van der Waals surface area contributed by atoms with E-state index in [1.807, 2.05) is 0 Å². The van der Waals surface area contributed by atoms with Crippen LogP contribution in [0.2, 0.25) is 5.02 Å². The third kappa shape index (κ3) is 5.49. The number of methoxy groups -OCH3 is 2. The molecule has 0 spiro atoms. The minimum atomic E-state index is -0.475. The second kappa shape index (κ2) is 9.43. The standard InChI is InChI=1S/C18H18ClN3O4/c1-25-14-7-13(8-15(9-14)26-2)18(24)20-11-17(23)22-21-10-12-5-3-4-6-16(12)19/h3-10H,11H2,1-2H3,(H,20,24)(H,22,23)/b21-10+. The molecule has 0 saturated carbocycles. The summed E-state index contributed by atoms with van der Waals surface area (Å²) in [6.07, 6.45) is 1.43. The fourth-order valence-corrected chi connectivity index (χ4v) is 2.18. The fourth-order valence-electron chi connectivity index (χ4n) is 1.99. The number of carbonyl (C=O) groups is 2. The van der Waals surface area contributed by atoms with Gasteiger partial charge in [0.25, 0.3) is 11.8 Å². The average molecular weight is 376 g/mol. The number of nitrogens with one attached hydrogen (secondary N) is 2. The van der Waals surface area contributed by atoms with Gasteiger partial charge in [0, 0.05) is 22.2 Å². The second-order valence-electron chi connectivity index (χ2n) is 5.10. The molecule has 0 saturated heterocycles. The number of amides is 2. The minimum absolute atomic E-state index is 0.238. The van der Waals surface area contributed by atoms with E-state index in [-0.39, 0.29) is 6.54 Å². The van der Waals surface area contributed by atoms with E-state index < -0.39 is 11.8 Å². The van der Waals surface area contributed by atoms with Crippen molar-refractivity contribution < 1.29 is 19.1 Å². The van der Waals surface area contributed by atoms with Crippen LogP contribution in [0.4, 0.5) is 0 Å². The van der Waals surface area contributed by atoms with Crippen LogP contribution >= 0.6 is 11.6 Å². The highest BCUT2D eigenvalue weighted by Gasteiger charge is 2.11. The van der Waals surface area contributed by atoms with Crippen molar-refractivity contribution in [2.45, 2.75) is 0 Å². The van der Waals surface area contributed by atoms with Gasteiger partial charge >= 0.3 is 0 Å². The fraction of sp³-hybridized carbons (Fsp3) is 0.167. The maximum atomic E-state index is 12.2. The lowest BCUT2D eigenvalue weighted by Gasteiger charge is -2.08. The molecule has 0 aromatic heterocycles. The van der Waals surface area contributed by atoms with Gasteiger partial charge in [-0.1, -0.05) is 29.8 Å². The smallest absolute Gasteiger partial charge is 0.259 e. The Kier molecular flexibility index (Phi) is 6.99. The molecule has 7 nitrogen and oxygen atoms in total. The van der Waals surface area contributed by atoms with E-state index in [4.69, 9.17) is 21.1 Å². The van der Waals surface area contributed by atoms with Gasteiger partial charge in [0.15, 0.2) is 0 Å². The monoisotopic (exact) mass is 375 g/mol. The maximum Gasteiger partial charge on any atom is 0.259 e. The van der Waals surface area contributed by atoms with Gasteiger partial charge in [-0.15, -0.1) is 0 Å². The summed E-state index contributed by atoms with van der Waals surface area (Å²) in [5, 5.41) is 6.83. The Hall–Kier alpha value is -3.06. The highest BCUT2D eigenvalue weighted by atomic mass is 35.5. The van der Waals surface area contributed by atoms with Crippen LogP contribution < -0.4 is 20.2 Å². The molecule has 136 valence electrons. The molecule has 8 heteroatoms. The molecule has 0 aliphatic heterocycles. The van der Waals surface area contributed by atoms with Crippen LogP contribution in [0, 0.1) is 0 Å². The van der Waals surface area contributed by atoms with Crippen molar-refractivity contribution in [2.24, 2.45) is 5.10 Å². The number of hydrogen-bond donors (Lipinski definition) is 2. The number of carbonyl (C=O) groups excluding carboxylic acids is 2. The number of rotatable bonds is 7. The summed E-state index contributed by atoms with van der Waals surface area (Å²) in [6, 6.07) is 11.8. The maximum absolute atomic E-state index is 12.2. The lowest BCUT2D eigenvalue weighted by atomic mass is 10.2. The number of nitrogens with zero attached hydrogens (tertiary/aromatic N) is 1. The highest BCUT2D eigenvalue weighted by Crippen LogP contribution is 2.22. The van der Waals surface area contributed by atoms with E-state index in [2.05, 4.69) is 15.8 Å². The zero-order chi connectivity index (χ0) is 18.9. The summed E-state index contributed by atoms with van der Waals surface area (Å²) in [7, 11) is 2.97. The van der Waals surface area contributed by atoms with Crippen molar-refractivity contribution in [1.82, 2.24) is 10.7 Å². The molecule has 2 N–H and O–H groups in total. The second-order valence-corrected chi connectivity index (χ2v) is 5.51. The van der Waals surface area contributed by atoms with Gasteiger partial charge in [0.1, 0.15) is 11.5 Å². The summed E-state index contributed by atoms with van der Waals surface area (Å²) >= 11 is 5.98. The molecule has 0 aliphatic rings. The normalized spacial score (nSPS) is 10.4. The van der Waals surface area contributed by atoms with Crippen LogP contribution in [0.3, 0.4) is 0 Å². The van der Waals surface area contributed by atoms with Crippen molar-refractivity contribution in [3.63, 3.8) is 0 Å². The Bertz CT molecular complexity index is 802. The summed E-state index contributed by atoms with van der Waals surface area (Å²) in [5.41, 5.74) is 3.30. The molecule has 0 unspecified atom stereocenters. The van der Waals surface area contributed by atoms with E-state index in [0.29, 0.717) is 27.6 Å². The Labute approximate surface area is 155 Å². The molecule has 2 rings (SSSR count). The first-order valence-corrected chi connectivity index (χ1v) is 7.99. The number of halogens is 1. The van der Waals surface area contributed by atoms with Crippen LogP contribution in [0.5, 0.6) is 11.5 Å². The van der Waals surface area contributed by atoms with Crippen molar-refractivity contribution in [1.29, 1.82) is 0 Å². The summed E-state index contributed by atoms with van der Waals surface area (Å²) < 4.78 is 10.2. The average Bonchev–Trinajstić information content (AvgIpc) is 2.67. The molecule has 0 fully saturated rings. The van der Waals surface area contributed by atoms with Crippen molar-refractivity contribution in [3.8, 4) is 11.5 Å². The van der Waals surface area contributed by atoms with E-state index in [0.717, 1.165) is 0 Å². The molecular weight excluding hydrogens is 358 g/mol. The van der Waals surface area contributed by atoms with Crippen molar-refractivity contribution in [3.05, 3.63) is 58.6 Å². The summed E-state index contributed by atoms with van der Waals surface area (Å²) in [5.74, 6) is 0.0375. The van der Waals surface area contributed by atoms with Gasteiger partial charge in [-0.3, -0.25) is 9.59 Å². The summed E-state index contributed by atoms with van der Waals surface area (Å²) in [6.45, 7) is -0.238. The molecule has 0 heterocycles. The number of benzene rings is 2. The summed E-state index contributed by atoms with van der Waals surface area (Å²) in [4.78, 5) is 23.9. The van der Waals surface area contributed by atoms with Crippen molar-refractivity contribution >= 4 is 29.6 Å². The molecule has 2 amide bonds. The van der Waals surface area contributed by atoms with Gasteiger partial charge in [0.05, 0.1) is 27.0 Å². The predicted molar refractivity (Wildman–Crippen MR) is 99.1 cm³/mol. The van der Waals surface area contributed by atoms with Gasteiger partial charge in [0.2, 0.25) is 0 Å². The Morgan fingerprint density at radius 1 is 1.12 bits per heavy atom. The third-order valence-electron chi connectivity index (χ3n) is 3.32. The predicted octanol–water partition coefficient (Wildman–Crippen LogP) is 2.24. The molecule has 0 bridgehead atoms. The number of ether oxygens (including phenoxy) is 2. The van der Waals surface area contributed by atoms with Crippen LogP contribution in [-0.4, -0.2) is 38.8 Å². The van der Waals surface area contributed by atoms with Crippen LogP contribution in [0.15, 0.2) is 47.6 Å². The first kappa shape index (κ1) is 19.3. The number of hydrazone groups is 1. The van der Waals surface area contributed by atoms with Crippen molar-refractivity contribution in [2.75, 3.05) is 20.8 Å². The third-order valence-corrected chi connectivity index (χ3v) is 3.67. The van der Waals surface area contributed by atoms with E-state index in [9.17, 15) is 9.59 Å².